The van der Waals surface area contributed by atoms with Crippen molar-refractivity contribution in [1.29, 1.82) is 0 Å². The Morgan fingerprint density at radius 1 is 0.367 bits per heavy atom. The van der Waals surface area contributed by atoms with E-state index in [0.29, 0.717) is 22.5 Å². The number of para-hydroxylation sites is 4. The molecule has 0 saturated carbocycles. The molecule has 4 aromatic heterocycles. The zero-order valence-corrected chi connectivity index (χ0v) is 48.7. The van der Waals surface area contributed by atoms with E-state index >= 15 is 0 Å². The van der Waals surface area contributed by atoms with Crippen molar-refractivity contribution in [2.75, 3.05) is 0 Å². The Morgan fingerprint density at radius 2 is 0.684 bits per heavy atom. The van der Waals surface area contributed by atoms with Gasteiger partial charge in [0.2, 0.25) is 0 Å². The van der Waals surface area contributed by atoms with Gasteiger partial charge >= 0.3 is 103 Å². The maximum absolute atomic E-state index is 14.7. The second-order valence-electron chi connectivity index (χ2n) is 19.8. The third-order valence-corrected chi connectivity index (χ3v) is 21.1. The molecule has 14 aromatic rings. The van der Waals surface area contributed by atoms with E-state index in [1.807, 2.05) is 146 Å². The summed E-state index contributed by atoms with van der Waals surface area (Å²) in [6.07, 6.45) is 0. The van der Waals surface area contributed by atoms with Crippen LogP contribution in [-0.4, -0.2) is 19.1 Å². The van der Waals surface area contributed by atoms with Crippen molar-refractivity contribution in [3.63, 3.8) is 0 Å². The predicted molar refractivity (Wildman–Crippen MR) is 322 cm³/mol. The van der Waals surface area contributed by atoms with Gasteiger partial charge in [0.25, 0.3) is 0 Å². The molecule has 0 spiro atoms. The van der Waals surface area contributed by atoms with Gasteiger partial charge in [0.1, 0.15) is 0 Å². The summed E-state index contributed by atoms with van der Waals surface area (Å²) in [5.74, 6) is -0.0828. The number of hydrogen-bond acceptors (Lipinski definition) is 6. The molecule has 79 heavy (non-hydrogen) atoms. The van der Waals surface area contributed by atoms with Gasteiger partial charge in [-0.25, -0.2) is 9.97 Å². The summed E-state index contributed by atoms with van der Waals surface area (Å²) >= 11 is 2.59. The van der Waals surface area contributed by atoms with Crippen LogP contribution in [0.2, 0.25) is 0 Å². The van der Waals surface area contributed by atoms with Crippen LogP contribution in [0.4, 0.5) is 0 Å². The van der Waals surface area contributed by atoms with E-state index in [-0.39, 0.29) is 11.5 Å². The number of rotatable bonds is 11. The van der Waals surface area contributed by atoms with Crippen LogP contribution in [-0.2, 0) is 31.3 Å². The quantitative estimate of drug-likeness (QED) is 0.121. The summed E-state index contributed by atoms with van der Waals surface area (Å²) in [6.45, 7) is 4.09. The molecule has 0 aliphatic heterocycles. The Morgan fingerprint density at radius 3 is 1.05 bits per heavy atom. The van der Waals surface area contributed by atoms with Crippen molar-refractivity contribution < 1.29 is 33.1 Å². The van der Waals surface area contributed by atoms with Crippen LogP contribution in [0.15, 0.2) is 241 Å². The Kier molecular flexibility index (Phi) is 13.8. The van der Waals surface area contributed by atoms with Crippen molar-refractivity contribution >= 4 is 66.3 Å². The van der Waals surface area contributed by atoms with Crippen LogP contribution in [0.1, 0.15) is 22.3 Å². The van der Waals surface area contributed by atoms with Crippen molar-refractivity contribution in [2.24, 2.45) is 0 Å². The standard InChI is InChI=1S/C56H38N4O2S2.2C7H7.Hf/c1-33-27-43(53(61)51(29-33)59-47-23-11-7-19-39(47)40-20-8-12-24-48(40)59)35-15-3-5-17-37(35)45-31-63-55(57-45)56-58-46(32-64-56)38-18-6-4-16-36(38)44-28-34(2)30-52(54(44)62)60-49-25-13-9-21-41(49)42-22-10-14-26-50(42)60;2*1-7-5-3-2-4-6-7;/h3-32,61-62H,1-2H3;2*2-6H,1H2;/q;;;+2/p-2. The summed E-state index contributed by atoms with van der Waals surface area (Å²) < 4.78 is 6.95. The molecule has 10 aromatic carbocycles. The fraction of sp³-hybridized carbons (Fsp3) is 0.0571. The van der Waals surface area contributed by atoms with E-state index in [1.165, 1.54) is 42.2 Å². The molecule has 6 nitrogen and oxygen atoms in total. The minimum atomic E-state index is -0.471. The molecule has 0 saturated heterocycles. The topological polar surface area (TPSA) is 81.8 Å². The first-order chi connectivity index (χ1) is 38.9. The first kappa shape index (κ1) is 50.1. The zero-order valence-electron chi connectivity index (χ0n) is 43.4. The Balaban J connectivity index is 0.000000341. The maximum atomic E-state index is 14.7. The third kappa shape index (κ3) is 9.62. The van der Waals surface area contributed by atoms with Gasteiger partial charge in [-0.3, -0.25) is 0 Å². The number of aryl methyl sites for hydroxylation is 2. The molecule has 0 radical (unpaired) electrons. The van der Waals surface area contributed by atoms with E-state index in [0.717, 1.165) is 98.4 Å². The summed E-state index contributed by atoms with van der Waals surface area (Å²) in [5, 5.41) is 39.6. The summed E-state index contributed by atoms with van der Waals surface area (Å²) in [4.78, 5) is 10.3. The fourth-order valence-corrected chi connectivity index (χ4v) is 16.9. The summed E-state index contributed by atoms with van der Waals surface area (Å²) in [7, 11) is 0. The fourth-order valence-electron chi connectivity index (χ4n) is 11.0. The van der Waals surface area contributed by atoms with Gasteiger partial charge in [-0.05, 0) is 83.6 Å². The summed E-state index contributed by atoms with van der Waals surface area (Å²) in [6, 6.07) is 78.8. The molecule has 0 aliphatic carbocycles. The van der Waals surface area contributed by atoms with Gasteiger partial charge in [0.05, 0.1) is 33.5 Å². The second kappa shape index (κ2) is 21.7. The molecule has 0 amide bonds. The molecule has 0 atom stereocenters. The van der Waals surface area contributed by atoms with E-state index in [4.69, 9.17) is 9.97 Å². The van der Waals surface area contributed by atoms with Crippen LogP contribution in [0.3, 0.4) is 0 Å². The number of hydrogen-bond donors (Lipinski definition) is 0. The average Bonchev–Trinajstić information content (AvgIpc) is 4.46. The molecule has 0 aliphatic rings. The number of nitrogens with zero attached hydrogens (tertiary/aromatic N) is 4. The molecule has 0 fully saturated rings. The molecule has 4 heterocycles. The zero-order chi connectivity index (χ0) is 53.4. The van der Waals surface area contributed by atoms with Crippen LogP contribution in [0.25, 0.3) is 110 Å². The van der Waals surface area contributed by atoms with Crippen LogP contribution in [0.5, 0.6) is 11.5 Å². The van der Waals surface area contributed by atoms with Crippen LogP contribution < -0.4 is 10.2 Å². The number of aromatic nitrogens is 4. The molecule has 0 unspecified atom stereocenters. The summed E-state index contributed by atoms with van der Waals surface area (Å²) in [5.41, 5.74) is 16.5. The van der Waals surface area contributed by atoms with Gasteiger partial charge in [0, 0.05) is 54.8 Å². The normalized spacial score (nSPS) is 11.3. The monoisotopic (exact) mass is 1220 g/mol. The van der Waals surface area contributed by atoms with E-state index in [1.54, 1.807) is 0 Å². The van der Waals surface area contributed by atoms with Gasteiger partial charge in [-0.1, -0.05) is 145 Å². The van der Waals surface area contributed by atoms with E-state index in [2.05, 4.69) is 118 Å². The molecule has 14 rings (SSSR count). The number of thiazole rings is 2. The van der Waals surface area contributed by atoms with Crippen molar-refractivity contribution in [3.8, 4) is 77.7 Å². The number of fused-ring (bicyclic) bond motifs is 6. The predicted octanol–water partition coefficient (Wildman–Crippen LogP) is 17.4. The number of benzene rings is 10. The van der Waals surface area contributed by atoms with Gasteiger partial charge in [-0.15, -0.1) is 22.7 Å². The Hall–Kier alpha value is -8.47. The van der Waals surface area contributed by atoms with E-state index < -0.39 is 22.9 Å². The van der Waals surface area contributed by atoms with Crippen molar-refractivity contribution in [3.05, 3.63) is 264 Å². The molecule has 0 bridgehead atoms. The molecular formula is C70H50HfN4O2S2. The first-order valence-electron chi connectivity index (χ1n) is 26.4. The van der Waals surface area contributed by atoms with Crippen molar-refractivity contribution in [2.45, 2.75) is 22.2 Å². The minimum absolute atomic E-state index is 0.0414. The molecule has 0 N–H and O–H groups in total. The first-order valence-corrected chi connectivity index (χ1v) is 33.2. The SMILES string of the molecule is Cc1cc(-c2ccccc2-c2csc(-c3nc(-c4ccccc4-c4cc(C)cc(-n5c6ccccc6c6ccccc65)c4[O-])cs3)n2)c([O-])c(-n2c3ccccc3c3ccccc32)c1.c1ccc([CH2][Hf+2][CH2]c2ccccc2)cc1. The van der Waals surface area contributed by atoms with Crippen molar-refractivity contribution in [1.82, 2.24) is 19.1 Å². The van der Waals surface area contributed by atoms with Gasteiger partial charge < -0.3 is 19.3 Å². The molecular weight excluding hydrogens is 1170 g/mol. The Bertz CT molecular complexity index is 4140. The molecule has 9 heteroatoms. The Labute approximate surface area is 478 Å². The molecule has 378 valence electrons. The van der Waals surface area contributed by atoms with Gasteiger partial charge in [-0.2, -0.15) is 0 Å². The second-order valence-corrected chi connectivity index (χ2v) is 25.9. The third-order valence-electron chi connectivity index (χ3n) is 14.6. The average molecular weight is 1220 g/mol. The van der Waals surface area contributed by atoms with Crippen LogP contribution in [0, 0.1) is 13.8 Å². The van der Waals surface area contributed by atoms with Crippen LogP contribution >= 0.6 is 22.7 Å². The van der Waals surface area contributed by atoms with Gasteiger partial charge in [0.15, 0.2) is 10.0 Å². The van der Waals surface area contributed by atoms with E-state index in [9.17, 15) is 10.2 Å².